The number of thiazole rings is 1. The van der Waals surface area contributed by atoms with Gasteiger partial charge in [-0.2, -0.15) is 0 Å². The second-order valence-electron chi connectivity index (χ2n) is 3.91. The average molecular weight is 306 g/mol. The zero-order valence-corrected chi connectivity index (χ0v) is 12.3. The van der Waals surface area contributed by atoms with E-state index < -0.39 is 0 Å². The highest BCUT2D eigenvalue weighted by atomic mass is 35.5. The minimum Gasteiger partial charge on any atom is -0.320 e. The molecule has 0 unspecified atom stereocenters. The van der Waals surface area contributed by atoms with E-state index in [9.17, 15) is 4.79 Å². The number of halogens is 1. The van der Waals surface area contributed by atoms with E-state index in [1.807, 2.05) is 6.92 Å². The van der Waals surface area contributed by atoms with Crippen molar-refractivity contribution in [3.05, 3.63) is 44.9 Å². The third-order valence-corrected chi connectivity index (χ3v) is 3.50. The van der Waals surface area contributed by atoms with Crippen LogP contribution >= 0.6 is 22.9 Å². The van der Waals surface area contributed by atoms with Gasteiger partial charge < -0.3 is 11.1 Å². The maximum Gasteiger partial charge on any atom is 0.275 e. The molecule has 0 saturated carbocycles. The van der Waals surface area contributed by atoms with E-state index in [0.29, 0.717) is 16.4 Å². The summed E-state index contributed by atoms with van der Waals surface area (Å²) in [5, 5.41) is 5.72. The van der Waals surface area contributed by atoms with E-state index in [2.05, 4.69) is 22.1 Å². The summed E-state index contributed by atoms with van der Waals surface area (Å²) in [6.45, 7) is 2.12. The van der Waals surface area contributed by atoms with Gasteiger partial charge in [-0.3, -0.25) is 4.79 Å². The van der Waals surface area contributed by atoms with Crippen LogP contribution in [0.15, 0.2) is 23.6 Å². The fraction of sp³-hybridized carbons (Fsp3) is 0.143. The lowest BCUT2D eigenvalue weighted by molar-refractivity contribution is 0.102. The summed E-state index contributed by atoms with van der Waals surface area (Å²) in [6, 6.07) is 5.17. The van der Waals surface area contributed by atoms with E-state index in [1.54, 1.807) is 23.6 Å². The van der Waals surface area contributed by atoms with Crippen LogP contribution in [0.1, 0.15) is 21.1 Å². The number of hydrogen-bond donors (Lipinski definition) is 2. The molecule has 3 N–H and O–H groups in total. The standard InChI is InChI=1S/C14H12ClN3OS/c1-9-17-13(8-20-9)14(19)18-12-7-10(3-2-6-16)4-5-11(12)15/h4-5,7-8H,6,16H2,1H3,(H,18,19). The summed E-state index contributed by atoms with van der Waals surface area (Å²) in [6.07, 6.45) is 0. The number of nitrogens with zero attached hydrogens (tertiary/aromatic N) is 1. The molecule has 0 aliphatic heterocycles. The van der Waals surface area contributed by atoms with E-state index in [-0.39, 0.29) is 12.5 Å². The van der Waals surface area contributed by atoms with Crippen molar-refractivity contribution >= 4 is 34.5 Å². The highest BCUT2D eigenvalue weighted by Crippen LogP contribution is 2.23. The van der Waals surface area contributed by atoms with Gasteiger partial charge in [0, 0.05) is 10.9 Å². The largest absolute Gasteiger partial charge is 0.320 e. The quantitative estimate of drug-likeness (QED) is 0.838. The lowest BCUT2D eigenvalue weighted by atomic mass is 10.2. The second-order valence-corrected chi connectivity index (χ2v) is 5.38. The molecule has 102 valence electrons. The van der Waals surface area contributed by atoms with Crippen molar-refractivity contribution < 1.29 is 4.79 Å². The highest BCUT2D eigenvalue weighted by molar-refractivity contribution is 7.09. The van der Waals surface area contributed by atoms with Crippen LogP contribution < -0.4 is 11.1 Å². The van der Waals surface area contributed by atoms with Crippen molar-refractivity contribution in [2.24, 2.45) is 5.73 Å². The third-order valence-electron chi connectivity index (χ3n) is 2.40. The van der Waals surface area contributed by atoms with Crippen molar-refractivity contribution in [3.63, 3.8) is 0 Å². The van der Waals surface area contributed by atoms with Crippen LogP contribution in [0.2, 0.25) is 5.02 Å². The molecule has 1 heterocycles. The molecule has 0 atom stereocenters. The average Bonchev–Trinajstić information content (AvgIpc) is 2.86. The number of nitrogens with one attached hydrogen (secondary N) is 1. The first kappa shape index (κ1) is 14.5. The molecule has 6 heteroatoms. The van der Waals surface area contributed by atoms with Crippen molar-refractivity contribution in [2.75, 3.05) is 11.9 Å². The first-order chi connectivity index (χ1) is 9.60. The third kappa shape index (κ3) is 3.58. The Balaban J connectivity index is 2.22. The predicted molar refractivity (Wildman–Crippen MR) is 82.2 cm³/mol. The summed E-state index contributed by atoms with van der Waals surface area (Å²) in [7, 11) is 0. The molecule has 0 spiro atoms. The van der Waals surface area contributed by atoms with Gasteiger partial charge in [-0.25, -0.2) is 4.98 Å². The van der Waals surface area contributed by atoms with Gasteiger partial charge in [0.25, 0.3) is 5.91 Å². The SMILES string of the molecule is Cc1nc(C(=O)Nc2cc(C#CCN)ccc2Cl)cs1. The van der Waals surface area contributed by atoms with Gasteiger partial charge in [0.05, 0.1) is 22.3 Å². The van der Waals surface area contributed by atoms with Gasteiger partial charge >= 0.3 is 0 Å². The van der Waals surface area contributed by atoms with Crippen LogP contribution in [0, 0.1) is 18.8 Å². The zero-order chi connectivity index (χ0) is 14.5. The zero-order valence-electron chi connectivity index (χ0n) is 10.7. The van der Waals surface area contributed by atoms with Gasteiger partial charge in [-0.15, -0.1) is 11.3 Å². The van der Waals surface area contributed by atoms with Crippen LogP contribution in [-0.2, 0) is 0 Å². The van der Waals surface area contributed by atoms with Crippen LogP contribution in [0.3, 0.4) is 0 Å². The number of aryl methyl sites for hydroxylation is 1. The maximum absolute atomic E-state index is 12.0. The normalized spacial score (nSPS) is 9.75. The van der Waals surface area contributed by atoms with Crippen LogP contribution in [0.25, 0.3) is 0 Å². The molecule has 0 radical (unpaired) electrons. The smallest absolute Gasteiger partial charge is 0.275 e. The molecule has 20 heavy (non-hydrogen) atoms. The number of benzene rings is 1. The van der Waals surface area contributed by atoms with Crippen LogP contribution in [0.4, 0.5) is 5.69 Å². The summed E-state index contributed by atoms with van der Waals surface area (Å²) >= 11 is 7.48. The summed E-state index contributed by atoms with van der Waals surface area (Å²) in [5.74, 6) is 5.35. The Morgan fingerprint density at radius 1 is 1.55 bits per heavy atom. The Hall–Kier alpha value is -1.87. The Kier molecular flexibility index (Phi) is 4.74. The maximum atomic E-state index is 12.0. The topological polar surface area (TPSA) is 68.0 Å². The number of rotatable bonds is 2. The van der Waals surface area contributed by atoms with Gasteiger partial charge in [0.2, 0.25) is 0 Å². The Morgan fingerprint density at radius 3 is 3.00 bits per heavy atom. The van der Waals surface area contributed by atoms with E-state index in [1.165, 1.54) is 11.3 Å². The predicted octanol–water partition coefficient (Wildman–Crippen LogP) is 2.67. The summed E-state index contributed by atoms with van der Waals surface area (Å²) < 4.78 is 0. The van der Waals surface area contributed by atoms with Crippen molar-refractivity contribution in [1.29, 1.82) is 0 Å². The van der Waals surface area contributed by atoms with Crippen molar-refractivity contribution in [3.8, 4) is 11.8 Å². The van der Waals surface area contributed by atoms with Gasteiger partial charge in [-0.1, -0.05) is 23.4 Å². The first-order valence-electron chi connectivity index (χ1n) is 5.82. The van der Waals surface area contributed by atoms with E-state index in [4.69, 9.17) is 17.3 Å². The number of anilines is 1. The molecule has 1 amide bonds. The van der Waals surface area contributed by atoms with Gasteiger partial charge in [0.1, 0.15) is 5.69 Å². The lowest BCUT2D eigenvalue weighted by Gasteiger charge is -2.06. The molecule has 0 aliphatic carbocycles. The molecule has 0 aliphatic rings. The monoisotopic (exact) mass is 305 g/mol. The van der Waals surface area contributed by atoms with E-state index in [0.717, 1.165) is 10.6 Å². The van der Waals surface area contributed by atoms with Crippen LogP contribution in [-0.4, -0.2) is 17.4 Å². The van der Waals surface area contributed by atoms with Gasteiger partial charge in [-0.05, 0) is 25.1 Å². The molecule has 2 rings (SSSR count). The Bertz CT molecular complexity index is 700. The molecular formula is C14H12ClN3OS. The lowest BCUT2D eigenvalue weighted by Crippen LogP contribution is -2.12. The molecule has 0 bridgehead atoms. The van der Waals surface area contributed by atoms with Crippen molar-refractivity contribution in [1.82, 2.24) is 4.98 Å². The fourth-order valence-corrected chi connectivity index (χ4v) is 2.26. The first-order valence-corrected chi connectivity index (χ1v) is 7.08. The molecule has 0 fully saturated rings. The van der Waals surface area contributed by atoms with Crippen molar-refractivity contribution in [2.45, 2.75) is 6.92 Å². The number of carbonyl (C=O) groups is 1. The molecule has 1 aromatic heterocycles. The molecule has 2 aromatic rings. The number of amides is 1. The number of nitrogens with two attached hydrogens (primary N) is 1. The van der Waals surface area contributed by atoms with Crippen LogP contribution in [0.5, 0.6) is 0 Å². The molecule has 0 saturated heterocycles. The minimum atomic E-state index is -0.291. The van der Waals surface area contributed by atoms with E-state index >= 15 is 0 Å². The number of carbonyl (C=O) groups excluding carboxylic acids is 1. The summed E-state index contributed by atoms with van der Waals surface area (Å²) in [4.78, 5) is 16.2. The fourth-order valence-electron chi connectivity index (χ4n) is 1.51. The second kappa shape index (κ2) is 6.53. The molecular weight excluding hydrogens is 294 g/mol. The highest BCUT2D eigenvalue weighted by Gasteiger charge is 2.11. The summed E-state index contributed by atoms with van der Waals surface area (Å²) in [5.41, 5.74) is 6.95. The number of aromatic nitrogens is 1. The Labute approximate surface area is 126 Å². The molecule has 4 nitrogen and oxygen atoms in total. The minimum absolute atomic E-state index is 0.280. The Morgan fingerprint density at radius 2 is 2.35 bits per heavy atom. The van der Waals surface area contributed by atoms with Gasteiger partial charge in [0.15, 0.2) is 0 Å². The molecule has 1 aromatic carbocycles. The number of hydrogen-bond acceptors (Lipinski definition) is 4.